The maximum Gasteiger partial charge on any atom is 0.360 e. The van der Waals surface area contributed by atoms with Crippen molar-refractivity contribution in [3.63, 3.8) is 0 Å². The molecule has 0 saturated carbocycles. The van der Waals surface area contributed by atoms with Gasteiger partial charge in [0.1, 0.15) is 11.7 Å². The summed E-state index contributed by atoms with van der Waals surface area (Å²) in [5, 5.41) is 0. The van der Waals surface area contributed by atoms with Crippen LogP contribution in [0.4, 0.5) is 0 Å². The summed E-state index contributed by atoms with van der Waals surface area (Å²) in [4.78, 5) is 40.0. The SMILES string of the molecule is CC(C)(C)OC(=O)CCC(=O)OC(C(=O)OC1CC2CCC(C1)[N+]21CCCC1)(c1ccccc1)c1ccccc1.[Cl-]. The van der Waals surface area contributed by atoms with E-state index in [-0.39, 0.29) is 31.4 Å². The van der Waals surface area contributed by atoms with Crippen molar-refractivity contribution in [1.82, 2.24) is 0 Å². The fourth-order valence-corrected chi connectivity index (χ4v) is 7.27. The number of ether oxygens (including phenoxy) is 3. The summed E-state index contributed by atoms with van der Waals surface area (Å²) in [5.74, 6) is -1.75. The number of halogens is 1. The molecule has 7 nitrogen and oxygen atoms in total. The van der Waals surface area contributed by atoms with Gasteiger partial charge >= 0.3 is 17.9 Å². The van der Waals surface area contributed by atoms with E-state index >= 15 is 0 Å². The van der Waals surface area contributed by atoms with Gasteiger partial charge in [0.05, 0.1) is 38.0 Å². The van der Waals surface area contributed by atoms with Crippen molar-refractivity contribution in [2.45, 2.75) is 102 Å². The molecule has 5 rings (SSSR count). The number of carbonyl (C=O) groups excluding carboxylic acids is 3. The van der Waals surface area contributed by atoms with Crippen molar-refractivity contribution in [3.8, 4) is 0 Å². The topological polar surface area (TPSA) is 78.9 Å². The Bertz CT molecular complexity index is 1150. The number of nitrogens with zero attached hydrogens (tertiary/aromatic N) is 1. The molecule has 0 aliphatic carbocycles. The lowest BCUT2D eigenvalue weighted by atomic mass is 9.85. The first-order valence-electron chi connectivity index (χ1n) is 14.7. The van der Waals surface area contributed by atoms with E-state index in [2.05, 4.69) is 0 Å². The Kier molecular flexibility index (Phi) is 9.49. The monoisotopic (exact) mass is 583 g/mol. The van der Waals surface area contributed by atoms with E-state index in [1.54, 1.807) is 45.0 Å². The molecule has 0 radical (unpaired) electrons. The lowest BCUT2D eigenvalue weighted by Gasteiger charge is -2.47. The second-order valence-corrected chi connectivity index (χ2v) is 12.6. The van der Waals surface area contributed by atoms with Crippen molar-refractivity contribution in [2.75, 3.05) is 13.1 Å². The first-order valence-corrected chi connectivity index (χ1v) is 14.7. The predicted octanol–water partition coefficient (Wildman–Crippen LogP) is 2.45. The minimum atomic E-state index is -1.79. The Morgan fingerprint density at radius 3 is 1.68 bits per heavy atom. The number of hydrogen-bond acceptors (Lipinski definition) is 6. The van der Waals surface area contributed by atoms with Gasteiger partial charge in [-0.25, -0.2) is 4.79 Å². The van der Waals surface area contributed by atoms with E-state index in [0.29, 0.717) is 23.2 Å². The first kappa shape index (κ1) is 31.0. The van der Waals surface area contributed by atoms with Crippen LogP contribution in [0.3, 0.4) is 0 Å². The van der Waals surface area contributed by atoms with Crippen LogP contribution in [0.25, 0.3) is 0 Å². The molecule has 3 aliphatic heterocycles. The van der Waals surface area contributed by atoms with E-state index < -0.39 is 29.1 Å². The smallest absolute Gasteiger partial charge is 0.360 e. The average molecular weight is 584 g/mol. The van der Waals surface area contributed by atoms with Crippen molar-refractivity contribution in [3.05, 3.63) is 71.8 Å². The summed E-state index contributed by atoms with van der Waals surface area (Å²) in [6.45, 7) is 7.81. The van der Waals surface area contributed by atoms with Gasteiger partial charge in [0.25, 0.3) is 5.60 Å². The average Bonchev–Trinajstić information content (AvgIpc) is 3.47. The Morgan fingerprint density at radius 1 is 0.756 bits per heavy atom. The Morgan fingerprint density at radius 2 is 1.22 bits per heavy atom. The van der Waals surface area contributed by atoms with Gasteiger partial charge in [-0.1, -0.05) is 60.7 Å². The van der Waals surface area contributed by atoms with E-state index in [0.717, 1.165) is 12.8 Å². The maximum atomic E-state index is 14.3. The molecule has 3 saturated heterocycles. The van der Waals surface area contributed by atoms with Crippen molar-refractivity contribution >= 4 is 17.9 Å². The zero-order valence-corrected chi connectivity index (χ0v) is 25.1. The van der Waals surface area contributed by atoms with E-state index in [9.17, 15) is 14.4 Å². The summed E-state index contributed by atoms with van der Waals surface area (Å²) in [7, 11) is 0. The van der Waals surface area contributed by atoms with Gasteiger partial charge in [0.2, 0.25) is 0 Å². The standard InChI is InChI=1S/C33H42NO6.ClH/c1-32(2,3)39-29(35)18-19-30(36)40-33(24-12-6-4-7-13-24,25-14-8-5-9-15-25)31(37)38-28-22-26-16-17-27(23-28)34(26)20-10-11-21-34;/h4-9,12-15,26-28H,10-11,16-23H2,1-3H3;1H/q+1;/p-1. The molecule has 2 atom stereocenters. The minimum absolute atomic E-state index is 0. The molecule has 2 bridgehead atoms. The lowest BCUT2D eigenvalue weighted by molar-refractivity contribution is -0.956. The molecule has 0 aromatic heterocycles. The highest BCUT2D eigenvalue weighted by Crippen LogP contribution is 2.47. The molecule has 0 N–H and O–H groups in total. The third kappa shape index (κ3) is 6.46. The van der Waals surface area contributed by atoms with Crippen LogP contribution in [0.15, 0.2) is 60.7 Å². The quantitative estimate of drug-likeness (QED) is 0.270. The number of piperidine rings is 1. The zero-order valence-electron chi connectivity index (χ0n) is 24.4. The van der Waals surface area contributed by atoms with Crippen molar-refractivity contribution < 1.29 is 45.5 Å². The molecule has 1 spiro atoms. The van der Waals surface area contributed by atoms with Gasteiger partial charge in [0.15, 0.2) is 0 Å². The molecule has 8 heteroatoms. The van der Waals surface area contributed by atoms with Crippen LogP contribution >= 0.6 is 0 Å². The third-order valence-electron chi connectivity index (χ3n) is 8.90. The van der Waals surface area contributed by atoms with Gasteiger partial charge < -0.3 is 31.1 Å². The van der Waals surface area contributed by atoms with E-state index in [1.165, 1.54) is 43.3 Å². The summed E-state index contributed by atoms with van der Waals surface area (Å²) in [6.07, 6.45) is 6.03. The zero-order chi connectivity index (χ0) is 28.4. The van der Waals surface area contributed by atoms with Crippen molar-refractivity contribution in [2.24, 2.45) is 0 Å². The van der Waals surface area contributed by atoms with Crippen molar-refractivity contribution in [1.29, 1.82) is 0 Å². The first-order chi connectivity index (χ1) is 19.1. The fraction of sp³-hybridized carbons (Fsp3) is 0.545. The fourth-order valence-electron chi connectivity index (χ4n) is 7.27. The third-order valence-corrected chi connectivity index (χ3v) is 8.90. The second kappa shape index (κ2) is 12.5. The number of quaternary nitrogens is 1. The molecule has 2 aromatic rings. The predicted molar refractivity (Wildman–Crippen MR) is 150 cm³/mol. The normalized spacial score (nSPS) is 23.0. The minimum Gasteiger partial charge on any atom is -1.00 e. The molecule has 3 aliphatic rings. The van der Waals surface area contributed by atoms with Crippen LogP contribution in [0.2, 0.25) is 0 Å². The Hall–Kier alpha value is -2.90. The van der Waals surface area contributed by atoms with Gasteiger partial charge in [-0.2, -0.15) is 0 Å². The van der Waals surface area contributed by atoms with Gasteiger partial charge in [-0.05, 0) is 20.8 Å². The maximum absolute atomic E-state index is 14.3. The molecular formula is C33H42ClNO6. The van der Waals surface area contributed by atoms with E-state index in [4.69, 9.17) is 14.2 Å². The van der Waals surface area contributed by atoms with Crippen LogP contribution in [-0.2, 0) is 34.2 Å². The number of carbonyl (C=O) groups is 3. The summed E-state index contributed by atoms with van der Waals surface area (Å²) in [5.41, 5.74) is -1.42. The molecular weight excluding hydrogens is 542 g/mol. The Labute approximate surface area is 249 Å². The van der Waals surface area contributed by atoms with Gasteiger partial charge in [-0.3, -0.25) is 9.59 Å². The highest BCUT2D eigenvalue weighted by atomic mass is 35.5. The highest BCUT2D eigenvalue weighted by molar-refractivity contribution is 5.89. The number of benzene rings is 2. The molecule has 0 amide bonds. The molecule has 2 aromatic carbocycles. The van der Waals surface area contributed by atoms with Crippen LogP contribution in [-0.4, -0.2) is 59.3 Å². The molecule has 3 heterocycles. The lowest BCUT2D eigenvalue weighted by Crippen LogP contribution is -3.00. The van der Waals surface area contributed by atoms with Crippen LogP contribution in [0.1, 0.15) is 83.3 Å². The highest BCUT2D eigenvalue weighted by Gasteiger charge is 2.57. The van der Waals surface area contributed by atoms with Gasteiger partial charge in [0, 0.05) is 49.7 Å². The molecule has 41 heavy (non-hydrogen) atoms. The van der Waals surface area contributed by atoms with Gasteiger partial charge in [-0.15, -0.1) is 0 Å². The summed E-state index contributed by atoms with van der Waals surface area (Å²) in [6, 6.07) is 19.2. The summed E-state index contributed by atoms with van der Waals surface area (Å²) < 4.78 is 19.0. The van der Waals surface area contributed by atoms with Crippen LogP contribution in [0.5, 0.6) is 0 Å². The van der Waals surface area contributed by atoms with Crippen LogP contribution < -0.4 is 12.4 Å². The molecule has 222 valence electrons. The van der Waals surface area contributed by atoms with Crippen LogP contribution in [0, 0.1) is 0 Å². The summed E-state index contributed by atoms with van der Waals surface area (Å²) >= 11 is 0. The largest absolute Gasteiger partial charge is 1.00 e. The number of esters is 3. The molecule has 2 unspecified atom stereocenters. The number of rotatable bonds is 8. The Balaban J connectivity index is 0.00000387. The molecule has 3 fully saturated rings. The number of hydrogen-bond donors (Lipinski definition) is 0. The second-order valence-electron chi connectivity index (χ2n) is 12.6. The van der Waals surface area contributed by atoms with E-state index in [1.807, 2.05) is 36.4 Å².